The van der Waals surface area contributed by atoms with Crippen molar-refractivity contribution >= 4 is 22.8 Å². The molecular weight excluding hydrogens is 404 g/mol. The van der Waals surface area contributed by atoms with Crippen molar-refractivity contribution in [3.05, 3.63) is 42.4 Å². The summed E-state index contributed by atoms with van der Waals surface area (Å²) in [4.78, 5) is 12.7. The lowest BCUT2D eigenvalue weighted by Crippen LogP contribution is -2.20. The molecule has 0 amide bonds. The number of hydrogen-bond acceptors (Lipinski definition) is 7. The van der Waals surface area contributed by atoms with E-state index >= 15 is 0 Å². The number of rotatable bonds is 7. The highest BCUT2D eigenvalue weighted by molar-refractivity contribution is 5.83. The van der Waals surface area contributed by atoms with Gasteiger partial charge in [0.05, 0.1) is 23.4 Å². The van der Waals surface area contributed by atoms with E-state index in [1.54, 1.807) is 12.1 Å². The summed E-state index contributed by atoms with van der Waals surface area (Å²) in [5.41, 5.74) is 0.988. The van der Waals surface area contributed by atoms with E-state index < -0.39 is 26.5 Å². The Labute approximate surface area is 186 Å². The summed E-state index contributed by atoms with van der Waals surface area (Å²) in [5.74, 6) is -0.403. The van der Waals surface area contributed by atoms with Gasteiger partial charge in [-0.15, -0.1) is 0 Å². The van der Waals surface area contributed by atoms with Crippen LogP contribution in [0, 0.1) is 5.92 Å². The molecule has 0 radical (unpaired) electrons. The summed E-state index contributed by atoms with van der Waals surface area (Å²) >= 11 is 0. The minimum Gasteiger partial charge on any atom is -0.357 e. The van der Waals surface area contributed by atoms with Crippen molar-refractivity contribution in [2.45, 2.75) is 26.4 Å². The molecule has 0 fully saturated rings. The van der Waals surface area contributed by atoms with Crippen LogP contribution in [0.15, 0.2) is 36.7 Å². The summed E-state index contributed by atoms with van der Waals surface area (Å²) in [6.45, 7) is -4.27. The molecule has 0 bridgehead atoms. The van der Waals surface area contributed by atoms with Crippen LogP contribution in [0.5, 0.6) is 0 Å². The fraction of sp³-hybridized carbons (Fsp3) is 0.350. The van der Waals surface area contributed by atoms with Crippen LogP contribution in [0.4, 0.5) is 20.7 Å². The molecule has 162 valence electrons. The molecule has 0 spiro atoms. The highest BCUT2D eigenvalue weighted by Gasteiger charge is 2.22. The molecule has 4 aromatic rings. The lowest BCUT2D eigenvalue weighted by atomic mass is 10.0. The number of halogens is 2. The van der Waals surface area contributed by atoms with Gasteiger partial charge in [-0.2, -0.15) is 33.9 Å². The molecule has 1 aromatic carbocycles. The second kappa shape index (κ2) is 8.25. The third-order valence-corrected chi connectivity index (χ3v) is 4.68. The van der Waals surface area contributed by atoms with Crippen LogP contribution in [0.2, 0.25) is 0 Å². The van der Waals surface area contributed by atoms with Crippen molar-refractivity contribution in [2.24, 2.45) is 12.9 Å². The number of hydrogen-bond donors (Lipinski definition) is 2. The van der Waals surface area contributed by atoms with Gasteiger partial charge in [0.1, 0.15) is 0 Å². The van der Waals surface area contributed by atoms with Crippen LogP contribution < -0.4 is 10.6 Å². The second-order valence-corrected chi connectivity index (χ2v) is 7.13. The fourth-order valence-electron chi connectivity index (χ4n) is 3.13. The Morgan fingerprint density at radius 2 is 1.94 bits per heavy atom. The standard InChI is InChI=1S/C20H23F2N9/c1-11(2)16(14-7-8-31(29-14)18(21)22)25-20-27-17(26-19(23-3)28-20)12-5-6-13-10-24-30(4)15(13)9-12/h5-11,16,18H,1-4H3,(H2,23,25,26,27,28)/t16-/m0/s1/i3D3,4D3. The van der Waals surface area contributed by atoms with Crippen LogP contribution in [-0.4, -0.2) is 41.5 Å². The van der Waals surface area contributed by atoms with Crippen LogP contribution in [0.25, 0.3) is 22.3 Å². The van der Waals surface area contributed by atoms with Gasteiger partial charge in [0.2, 0.25) is 11.9 Å². The van der Waals surface area contributed by atoms with Crippen LogP contribution in [-0.2, 0) is 6.98 Å². The number of nitrogens with one attached hydrogen (secondary N) is 2. The highest BCUT2D eigenvalue weighted by atomic mass is 19.3. The molecule has 0 aliphatic carbocycles. The molecule has 31 heavy (non-hydrogen) atoms. The molecular formula is C20H23F2N9. The summed E-state index contributed by atoms with van der Waals surface area (Å²) in [6, 6.07) is 5.64. The van der Waals surface area contributed by atoms with E-state index in [-0.39, 0.29) is 23.6 Å². The predicted octanol–water partition coefficient (Wildman–Crippen LogP) is 3.87. The van der Waals surface area contributed by atoms with Gasteiger partial charge in [-0.05, 0) is 18.1 Å². The smallest absolute Gasteiger partial charge is 0.333 e. The monoisotopic (exact) mass is 433 g/mol. The maximum Gasteiger partial charge on any atom is 0.333 e. The molecule has 0 unspecified atom stereocenters. The number of nitrogens with zero attached hydrogens (tertiary/aromatic N) is 7. The third-order valence-electron chi connectivity index (χ3n) is 4.68. The Hall–Kier alpha value is -3.63. The van der Waals surface area contributed by atoms with Gasteiger partial charge in [0, 0.05) is 39.3 Å². The zero-order chi connectivity index (χ0) is 27.1. The van der Waals surface area contributed by atoms with Crippen LogP contribution in [0.1, 0.15) is 40.4 Å². The molecule has 3 heterocycles. The van der Waals surface area contributed by atoms with E-state index in [1.165, 1.54) is 18.3 Å². The number of aryl methyl sites for hydroxylation is 1. The van der Waals surface area contributed by atoms with Gasteiger partial charge >= 0.3 is 6.55 Å². The molecule has 4 rings (SSSR count). The minimum absolute atomic E-state index is 0.0357. The largest absolute Gasteiger partial charge is 0.357 e. The number of alkyl halides is 2. The van der Waals surface area contributed by atoms with Gasteiger partial charge < -0.3 is 10.6 Å². The van der Waals surface area contributed by atoms with Gasteiger partial charge in [-0.1, -0.05) is 26.0 Å². The molecule has 9 nitrogen and oxygen atoms in total. The molecule has 0 aliphatic heterocycles. The Bertz CT molecular complexity index is 1400. The Balaban J connectivity index is 1.78. The van der Waals surface area contributed by atoms with Crippen molar-refractivity contribution in [1.29, 1.82) is 0 Å². The van der Waals surface area contributed by atoms with Gasteiger partial charge in [-0.25, -0.2) is 4.68 Å². The van der Waals surface area contributed by atoms with Gasteiger partial charge in [0.15, 0.2) is 5.82 Å². The first-order chi connectivity index (χ1) is 17.2. The zero-order valence-corrected chi connectivity index (χ0v) is 16.6. The lowest BCUT2D eigenvalue weighted by Gasteiger charge is -2.21. The topological polar surface area (TPSA) is 98.4 Å². The molecule has 0 saturated carbocycles. The zero-order valence-electron chi connectivity index (χ0n) is 22.6. The summed E-state index contributed by atoms with van der Waals surface area (Å²) in [5, 5.41) is 13.7. The molecule has 2 N–H and O–H groups in total. The van der Waals surface area contributed by atoms with Crippen LogP contribution >= 0.6 is 0 Å². The number of fused-ring (bicyclic) bond motifs is 1. The van der Waals surface area contributed by atoms with E-state index in [9.17, 15) is 8.78 Å². The fourth-order valence-corrected chi connectivity index (χ4v) is 3.13. The van der Waals surface area contributed by atoms with Crippen molar-refractivity contribution in [2.75, 3.05) is 17.6 Å². The van der Waals surface area contributed by atoms with Gasteiger partial charge in [-0.3, -0.25) is 4.68 Å². The van der Waals surface area contributed by atoms with E-state index in [0.717, 1.165) is 10.9 Å². The van der Waals surface area contributed by atoms with E-state index in [2.05, 4.69) is 35.8 Å². The number of benzene rings is 1. The molecule has 0 aliphatic rings. The SMILES string of the molecule is [2H]C([2H])([2H])Nc1nc(N[C@H](c2ccn(C(F)F)n2)C(C)C)nc(-c2ccc3cnn(C([2H])([2H])[2H])c3c2)n1. The third kappa shape index (κ3) is 4.16. The lowest BCUT2D eigenvalue weighted by molar-refractivity contribution is 0.0559. The summed E-state index contributed by atoms with van der Waals surface area (Å²) in [7, 11) is 0. The number of aromatic nitrogens is 7. The Morgan fingerprint density at radius 3 is 2.65 bits per heavy atom. The average molecular weight is 433 g/mol. The van der Waals surface area contributed by atoms with E-state index in [4.69, 9.17) is 8.22 Å². The average Bonchev–Trinajstić information content (AvgIpc) is 3.42. The molecule has 1 atom stereocenters. The van der Waals surface area contributed by atoms with E-state index in [1.807, 2.05) is 13.8 Å². The summed E-state index contributed by atoms with van der Waals surface area (Å²) < 4.78 is 73.2. The maximum atomic E-state index is 13.1. The first kappa shape index (κ1) is 14.4. The first-order valence-corrected chi connectivity index (χ1v) is 9.34. The van der Waals surface area contributed by atoms with Crippen molar-refractivity contribution in [3.8, 4) is 11.4 Å². The Kier molecular flexibility index (Phi) is 3.83. The molecule has 0 saturated heterocycles. The first-order valence-electron chi connectivity index (χ1n) is 12.3. The van der Waals surface area contributed by atoms with Gasteiger partial charge in [0.25, 0.3) is 0 Å². The highest BCUT2D eigenvalue weighted by Crippen LogP contribution is 2.27. The van der Waals surface area contributed by atoms with Crippen molar-refractivity contribution in [3.63, 3.8) is 0 Å². The maximum absolute atomic E-state index is 13.1. The van der Waals surface area contributed by atoms with Crippen molar-refractivity contribution < 1.29 is 17.0 Å². The van der Waals surface area contributed by atoms with Crippen molar-refractivity contribution in [1.82, 2.24) is 34.5 Å². The Morgan fingerprint density at radius 1 is 1.10 bits per heavy atom. The van der Waals surface area contributed by atoms with E-state index in [0.29, 0.717) is 26.8 Å². The normalized spacial score (nSPS) is 16.3. The second-order valence-electron chi connectivity index (χ2n) is 7.13. The predicted molar refractivity (Wildman–Crippen MR) is 114 cm³/mol. The van der Waals surface area contributed by atoms with Crippen LogP contribution in [0.3, 0.4) is 0 Å². The molecule has 11 heteroatoms. The summed E-state index contributed by atoms with van der Waals surface area (Å²) in [6.07, 6.45) is 2.57. The quantitative estimate of drug-likeness (QED) is 0.456. The number of anilines is 2. The minimum atomic E-state index is -2.81. The molecule has 3 aromatic heterocycles.